The highest BCUT2D eigenvalue weighted by Crippen LogP contribution is 2.30. The number of nitrogens with zero attached hydrogens (tertiary/aromatic N) is 1. The molecule has 0 saturated carbocycles. The summed E-state index contributed by atoms with van der Waals surface area (Å²) in [4.78, 5) is 15.3. The third kappa shape index (κ3) is 5.59. The van der Waals surface area contributed by atoms with Crippen LogP contribution < -0.4 is 5.32 Å². The SMILES string of the molecule is CC(CSC(F)(F)F)NC(=O)c1ccc(Cl)nc1. The summed E-state index contributed by atoms with van der Waals surface area (Å²) in [5.41, 5.74) is -4.04. The molecule has 3 nitrogen and oxygen atoms in total. The molecule has 0 spiro atoms. The van der Waals surface area contributed by atoms with Crippen LogP contribution >= 0.6 is 23.4 Å². The van der Waals surface area contributed by atoms with Crippen LogP contribution in [0.4, 0.5) is 13.2 Å². The normalized spacial score (nSPS) is 13.2. The van der Waals surface area contributed by atoms with Gasteiger partial charge in [-0.2, -0.15) is 13.2 Å². The van der Waals surface area contributed by atoms with E-state index in [0.29, 0.717) is 0 Å². The van der Waals surface area contributed by atoms with Gasteiger partial charge in [0.2, 0.25) is 0 Å². The molecule has 1 atom stereocenters. The first-order chi connectivity index (χ1) is 8.28. The Balaban J connectivity index is 2.47. The number of hydrogen-bond acceptors (Lipinski definition) is 3. The maximum atomic E-state index is 11.9. The maximum Gasteiger partial charge on any atom is 0.441 e. The van der Waals surface area contributed by atoms with E-state index >= 15 is 0 Å². The molecule has 1 heterocycles. The van der Waals surface area contributed by atoms with Crippen LogP contribution in [-0.4, -0.2) is 28.2 Å². The van der Waals surface area contributed by atoms with Gasteiger partial charge < -0.3 is 5.32 Å². The van der Waals surface area contributed by atoms with E-state index in [1.54, 1.807) is 0 Å². The van der Waals surface area contributed by atoms with E-state index in [1.165, 1.54) is 25.3 Å². The highest BCUT2D eigenvalue weighted by molar-refractivity contribution is 8.00. The average Bonchev–Trinajstić information content (AvgIpc) is 2.26. The molecule has 1 aromatic heterocycles. The fourth-order valence-electron chi connectivity index (χ4n) is 1.08. The molecule has 0 saturated heterocycles. The van der Waals surface area contributed by atoms with Crippen molar-refractivity contribution < 1.29 is 18.0 Å². The Labute approximate surface area is 111 Å². The predicted octanol–water partition coefficient (Wildman–Crippen LogP) is 3.11. The van der Waals surface area contributed by atoms with Crippen molar-refractivity contribution in [2.45, 2.75) is 18.5 Å². The summed E-state index contributed by atoms with van der Waals surface area (Å²) in [6.45, 7) is 1.50. The van der Waals surface area contributed by atoms with E-state index in [4.69, 9.17) is 11.6 Å². The van der Waals surface area contributed by atoms with Crippen LogP contribution in [0.25, 0.3) is 0 Å². The maximum absolute atomic E-state index is 11.9. The lowest BCUT2D eigenvalue weighted by Gasteiger charge is -2.14. The van der Waals surface area contributed by atoms with Crippen LogP contribution in [0.5, 0.6) is 0 Å². The number of rotatable bonds is 4. The van der Waals surface area contributed by atoms with Crippen molar-refractivity contribution in [3.63, 3.8) is 0 Å². The molecule has 0 bridgehead atoms. The van der Waals surface area contributed by atoms with Gasteiger partial charge in [0.05, 0.1) is 5.56 Å². The molecule has 1 amide bonds. The molecule has 0 aliphatic carbocycles. The Hall–Kier alpha value is -0.950. The van der Waals surface area contributed by atoms with Gasteiger partial charge >= 0.3 is 5.51 Å². The number of carbonyl (C=O) groups is 1. The zero-order valence-electron chi connectivity index (χ0n) is 9.29. The van der Waals surface area contributed by atoms with Gasteiger partial charge in [0.15, 0.2) is 0 Å². The van der Waals surface area contributed by atoms with Crippen molar-refractivity contribution in [1.82, 2.24) is 10.3 Å². The topological polar surface area (TPSA) is 42.0 Å². The van der Waals surface area contributed by atoms with E-state index in [-0.39, 0.29) is 28.2 Å². The monoisotopic (exact) mass is 298 g/mol. The Morgan fingerprint density at radius 1 is 1.56 bits per heavy atom. The molecule has 18 heavy (non-hydrogen) atoms. The number of aromatic nitrogens is 1. The Morgan fingerprint density at radius 2 is 2.22 bits per heavy atom. The molecule has 0 radical (unpaired) electrons. The van der Waals surface area contributed by atoms with Gasteiger partial charge in [-0.25, -0.2) is 4.98 Å². The molecule has 0 aliphatic rings. The van der Waals surface area contributed by atoms with Crippen molar-refractivity contribution in [2.75, 3.05) is 5.75 Å². The van der Waals surface area contributed by atoms with E-state index in [2.05, 4.69) is 10.3 Å². The summed E-state index contributed by atoms with van der Waals surface area (Å²) >= 11 is 5.38. The molecule has 100 valence electrons. The molecular weight excluding hydrogens is 289 g/mol. The number of hydrogen-bond donors (Lipinski definition) is 1. The lowest BCUT2D eigenvalue weighted by Crippen LogP contribution is -2.35. The minimum absolute atomic E-state index is 0.170. The lowest BCUT2D eigenvalue weighted by atomic mass is 10.2. The van der Waals surface area contributed by atoms with Gasteiger partial charge in [-0.15, -0.1) is 0 Å². The molecule has 1 rings (SSSR count). The highest BCUT2D eigenvalue weighted by atomic mass is 35.5. The van der Waals surface area contributed by atoms with Crippen LogP contribution in [0.1, 0.15) is 17.3 Å². The number of thioether (sulfide) groups is 1. The first-order valence-electron chi connectivity index (χ1n) is 4.91. The Kier molecular flexibility index (Phi) is 5.28. The molecule has 1 N–H and O–H groups in total. The lowest BCUT2D eigenvalue weighted by molar-refractivity contribution is -0.0329. The predicted molar refractivity (Wildman–Crippen MR) is 64.7 cm³/mol. The van der Waals surface area contributed by atoms with Crippen molar-refractivity contribution >= 4 is 29.3 Å². The van der Waals surface area contributed by atoms with Gasteiger partial charge in [-0.05, 0) is 30.8 Å². The van der Waals surface area contributed by atoms with E-state index in [9.17, 15) is 18.0 Å². The summed E-state index contributed by atoms with van der Waals surface area (Å²) in [6.07, 6.45) is 1.27. The Morgan fingerprint density at radius 3 is 2.72 bits per heavy atom. The second-order valence-corrected chi connectivity index (χ2v) is 4.97. The summed E-state index contributed by atoms with van der Waals surface area (Å²) in [5, 5.41) is 2.69. The molecule has 1 unspecified atom stereocenters. The number of halogens is 4. The third-order valence-corrected chi connectivity index (χ3v) is 3.08. The number of amides is 1. The number of pyridine rings is 1. The first-order valence-corrected chi connectivity index (χ1v) is 6.27. The second-order valence-electron chi connectivity index (χ2n) is 3.50. The molecule has 8 heteroatoms. The van der Waals surface area contributed by atoms with Crippen LogP contribution in [0, 0.1) is 0 Å². The van der Waals surface area contributed by atoms with Gasteiger partial charge in [-0.1, -0.05) is 11.6 Å². The van der Waals surface area contributed by atoms with E-state index < -0.39 is 17.5 Å². The highest BCUT2D eigenvalue weighted by Gasteiger charge is 2.29. The smallest absolute Gasteiger partial charge is 0.349 e. The van der Waals surface area contributed by atoms with Crippen molar-refractivity contribution in [2.24, 2.45) is 0 Å². The number of carbonyl (C=O) groups excluding carboxylic acids is 1. The summed E-state index contributed by atoms with van der Waals surface area (Å²) in [5.74, 6) is -0.717. The molecule has 0 fully saturated rings. The van der Waals surface area contributed by atoms with Crippen molar-refractivity contribution in [1.29, 1.82) is 0 Å². The number of nitrogens with one attached hydrogen (secondary N) is 1. The standard InChI is InChI=1S/C10H10ClF3N2OS/c1-6(5-18-10(12,13)14)16-9(17)7-2-3-8(11)15-4-7/h2-4,6H,5H2,1H3,(H,16,17). The minimum Gasteiger partial charge on any atom is -0.349 e. The first kappa shape index (κ1) is 15.1. The third-order valence-electron chi connectivity index (χ3n) is 1.86. The van der Waals surface area contributed by atoms with Crippen LogP contribution in [0.3, 0.4) is 0 Å². The fourth-order valence-corrected chi connectivity index (χ4v) is 1.71. The minimum atomic E-state index is -4.29. The summed E-state index contributed by atoms with van der Waals surface area (Å²) in [6, 6.07) is 2.29. The van der Waals surface area contributed by atoms with Crippen LogP contribution in [-0.2, 0) is 0 Å². The fraction of sp³-hybridized carbons (Fsp3) is 0.400. The van der Waals surface area contributed by atoms with Gasteiger partial charge in [0.1, 0.15) is 5.15 Å². The van der Waals surface area contributed by atoms with Crippen molar-refractivity contribution in [3.05, 3.63) is 29.0 Å². The van der Waals surface area contributed by atoms with Crippen molar-refractivity contribution in [3.8, 4) is 0 Å². The van der Waals surface area contributed by atoms with Crippen LogP contribution in [0.2, 0.25) is 5.15 Å². The molecule has 0 aliphatic heterocycles. The zero-order valence-corrected chi connectivity index (χ0v) is 10.9. The molecular formula is C10H10ClF3N2OS. The van der Waals surface area contributed by atoms with Gasteiger partial charge in [0, 0.05) is 18.0 Å². The largest absolute Gasteiger partial charge is 0.441 e. The van der Waals surface area contributed by atoms with Gasteiger partial charge in [0.25, 0.3) is 5.91 Å². The zero-order chi connectivity index (χ0) is 13.8. The Bertz CT molecular complexity index is 411. The summed E-state index contributed by atoms with van der Waals surface area (Å²) in [7, 11) is 0. The average molecular weight is 299 g/mol. The van der Waals surface area contributed by atoms with E-state index in [0.717, 1.165) is 0 Å². The molecule has 0 aromatic carbocycles. The van der Waals surface area contributed by atoms with E-state index in [1.807, 2.05) is 0 Å². The van der Waals surface area contributed by atoms with Crippen LogP contribution in [0.15, 0.2) is 18.3 Å². The number of alkyl halides is 3. The van der Waals surface area contributed by atoms with Gasteiger partial charge in [-0.3, -0.25) is 4.79 Å². The second kappa shape index (κ2) is 6.29. The quantitative estimate of drug-likeness (QED) is 0.869. The summed E-state index contributed by atoms with van der Waals surface area (Å²) < 4.78 is 35.8. The molecule has 1 aromatic rings.